The zero-order chi connectivity index (χ0) is 8.69. The van der Waals surface area contributed by atoms with E-state index in [1.54, 1.807) is 18.2 Å². The van der Waals surface area contributed by atoms with Crippen molar-refractivity contribution in [2.75, 3.05) is 5.33 Å². The van der Waals surface area contributed by atoms with E-state index in [1.807, 2.05) is 0 Å². The van der Waals surface area contributed by atoms with Gasteiger partial charge in [-0.2, -0.15) is 0 Å². The van der Waals surface area contributed by atoms with Gasteiger partial charge in [-0.15, -0.1) is 0 Å². The summed E-state index contributed by atoms with van der Waals surface area (Å²) in [4.78, 5) is 10.6. The van der Waals surface area contributed by atoms with Gasteiger partial charge in [0.25, 0.3) is 0 Å². The van der Waals surface area contributed by atoms with Crippen molar-refractivity contribution < 1.29 is 9.53 Å². The fraction of sp³-hybridized carbons (Fsp3) is 0.125. The molecular formula is C8H9BrO2. The van der Waals surface area contributed by atoms with Crippen molar-refractivity contribution in [3.05, 3.63) is 37.1 Å². The van der Waals surface area contributed by atoms with Crippen LogP contribution in [-0.2, 0) is 9.53 Å². The second-order valence-corrected chi connectivity index (χ2v) is 2.23. The van der Waals surface area contributed by atoms with Crippen molar-refractivity contribution >= 4 is 21.9 Å². The second kappa shape index (κ2) is 5.92. The van der Waals surface area contributed by atoms with Crippen LogP contribution < -0.4 is 0 Å². The van der Waals surface area contributed by atoms with E-state index in [1.165, 1.54) is 0 Å². The fourth-order valence-electron chi connectivity index (χ4n) is 0.383. The average Bonchev–Trinajstić information content (AvgIpc) is 2.00. The molecule has 0 aliphatic rings. The highest BCUT2D eigenvalue weighted by molar-refractivity contribution is 9.09. The van der Waals surface area contributed by atoms with E-state index < -0.39 is 0 Å². The molecule has 2 nitrogen and oxygen atoms in total. The monoisotopic (exact) mass is 216 g/mol. The van der Waals surface area contributed by atoms with Gasteiger partial charge in [0.2, 0.25) is 0 Å². The number of ether oxygens (including phenoxy) is 1. The third-order valence-corrected chi connectivity index (χ3v) is 1.23. The number of rotatable bonds is 4. The summed E-state index contributed by atoms with van der Waals surface area (Å²) >= 11 is 2.95. The summed E-state index contributed by atoms with van der Waals surface area (Å²) in [5, 5.41) is 0.175. The molecular weight excluding hydrogens is 208 g/mol. The first kappa shape index (κ1) is 10.2. The molecule has 0 aromatic carbocycles. The Kier molecular flexibility index (Phi) is 5.47. The molecule has 0 rings (SSSR count). The first-order chi connectivity index (χ1) is 5.20. The molecule has 0 spiro atoms. The molecule has 11 heavy (non-hydrogen) atoms. The van der Waals surface area contributed by atoms with Crippen LogP contribution in [0, 0.1) is 0 Å². The standard InChI is InChI=1S/C8H9BrO2/c1-3-4-5-7(2)11-8(10)6-9/h3-5H,1-2,6H2/b5-4-. The van der Waals surface area contributed by atoms with E-state index in [4.69, 9.17) is 0 Å². The molecule has 0 saturated carbocycles. The van der Waals surface area contributed by atoms with E-state index in [0.29, 0.717) is 5.76 Å². The second-order valence-electron chi connectivity index (χ2n) is 1.67. The summed E-state index contributed by atoms with van der Waals surface area (Å²) < 4.78 is 4.69. The molecule has 3 heteroatoms. The molecule has 0 fully saturated rings. The van der Waals surface area contributed by atoms with Crippen molar-refractivity contribution in [1.29, 1.82) is 0 Å². The number of carbonyl (C=O) groups is 1. The van der Waals surface area contributed by atoms with Crippen LogP contribution >= 0.6 is 15.9 Å². The Hall–Kier alpha value is -0.830. The molecule has 60 valence electrons. The molecule has 0 saturated heterocycles. The van der Waals surface area contributed by atoms with Gasteiger partial charge in [-0.25, -0.2) is 0 Å². The van der Waals surface area contributed by atoms with Gasteiger partial charge in [0.05, 0.1) is 0 Å². The molecule has 0 aromatic heterocycles. The molecule has 0 radical (unpaired) electrons. The van der Waals surface area contributed by atoms with Crippen LogP contribution in [-0.4, -0.2) is 11.3 Å². The van der Waals surface area contributed by atoms with Gasteiger partial charge in [0.15, 0.2) is 0 Å². The van der Waals surface area contributed by atoms with Crippen molar-refractivity contribution in [3.8, 4) is 0 Å². The number of halogens is 1. The zero-order valence-corrected chi connectivity index (χ0v) is 7.63. The normalized spacial score (nSPS) is 9.55. The summed E-state index contributed by atoms with van der Waals surface area (Å²) in [5.74, 6) is -0.0435. The first-order valence-corrected chi connectivity index (χ1v) is 4.07. The number of esters is 1. The summed E-state index contributed by atoms with van der Waals surface area (Å²) in [7, 11) is 0. The van der Waals surface area contributed by atoms with Gasteiger partial charge < -0.3 is 4.74 Å². The van der Waals surface area contributed by atoms with Crippen LogP contribution in [0.15, 0.2) is 37.1 Å². The van der Waals surface area contributed by atoms with E-state index >= 15 is 0 Å². The summed E-state index contributed by atoms with van der Waals surface area (Å²) in [6.45, 7) is 6.94. The van der Waals surface area contributed by atoms with Crippen LogP contribution in [0.1, 0.15) is 0 Å². The predicted octanol–water partition coefficient (Wildman–Crippen LogP) is 2.18. The Morgan fingerprint density at radius 1 is 1.64 bits per heavy atom. The van der Waals surface area contributed by atoms with Gasteiger partial charge in [0.1, 0.15) is 11.1 Å². The topological polar surface area (TPSA) is 26.3 Å². The number of carbonyl (C=O) groups excluding carboxylic acids is 1. The number of alkyl halides is 1. The maximum absolute atomic E-state index is 10.6. The lowest BCUT2D eigenvalue weighted by Crippen LogP contribution is -2.02. The van der Waals surface area contributed by atoms with Crippen molar-refractivity contribution in [2.45, 2.75) is 0 Å². The van der Waals surface area contributed by atoms with Crippen LogP contribution in [0.3, 0.4) is 0 Å². The first-order valence-electron chi connectivity index (χ1n) is 2.95. The predicted molar refractivity (Wildman–Crippen MR) is 48.4 cm³/mol. The van der Waals surface area contributed by atoms with E-state index in [2.05, 4.69) is 33.8 Å². The van der Waals surface area contributed by atoms with E-state index in [-0.39, 0.29) is 11.3 Å². The Balaban J connectivity index is 3.78. The van der Waals surface area contributed by atoms with Crippen LogP contribution in [0.25, 0.3) is 0 Å². The minimum Gasteiger partial charge on any atom is -0.427 e. The molecule has 0 bridgehead atoms. The molecule has 0 N–H and O–H groups in total. The van der Waals surface area contributed by atoms with Gasteiger partial charge in [-0.05, 0) is 6.08 Å². The largest absolute Gasteiger partial charge is 0.427 e. The molecule has 0 aliphatic heterocycles. The highest BCUT2D eigenvalue weighted by Gasteiger charge is 1.98. The summed E-state index contributed by atoms with van der Waals surface area (Å²) in [6.07, 6.45) is 4.78. The number of allylic oxidation sites excluding steroid dienone is 3. The van der Waals surface area contributed by atoms with Gasteiger partial charge in [-0.3, -0.25) is 4.79 Å². The molecule has 0 heterocycles. The van der Waals surface area contributed by atoms with Crippen LogP contribution in [0.4, 0.5) is 0 Å². The van der Waals surface area contributed by atoms with Gasteiger partial charge in [0, 0.05) is 0 Å². The van der Waals surface area contributed by atoms with Crippen LogP contribution in [0.5, 0.6) is 0 Å². The SMILES string of the molecule is C=C/C=C\C(=C)OC(=O)CBr. The average molecular weight is 217 g/mol. The number of hydrogen-bond donors (Lipinski definition) is 0. The summed E-state index contributed by atoms with van der Waals surface area (Å²) in [5.41, 5.74) is 0. The molecule has 0 amide bonds. The lowest BCUT2D eigenvalue weighted by molar-refractivity contribution is -0.135. The lowest BCUT2D eigenvalue weighted by atomic mass is 10.4. The minimum absolute atomic E-state index is 0.175. The van der Waals surface area contributed by atoms with E-state index in [0.717, 1.165) is 0 Å². The van der Waals surface area contributed by atoms with Gasteiger partial charge >= 0.3 is 5.97 Å². The Labute approximate surface area is 74.4 Å². The highest BCUT2D eigenvalue weighted by atomic mass is 79.9. The van der Waals surface area contributed by atoms with Crippen molar-refractivity contribution in [1.82, 2.24) is 0 Å². The minimum atomic E-state index is -0.358. The van der Waals surface area contributed by atoms with Crippen LogP contribution in [0.2, 0.25) is 0 Å². The quantitative estimate of drug-likeness (QED) is 0.312. The smallest absolute Gasteiger partial charge is 0.321 e. The highest BCUT2D eigenvalue weighted by Crippen LogP contribution is 1.97. The molecule has 0 atom stereocenters. The Bertz CT molecular complexity index is 194. The molecule has 0 unspecified atom stereocenters. The Morgan fingerprint density at radius 3 is 2.73 bits per heavy atom. The lowest BCUT2D eigenvalue weighted by Gasteiger charge is -1.98. The molecule has 0 aliphatic carbocycles. The third-order valence-electron chi connectivity index (χ3n) is 0.772. The van der Waals surface area contributed by atoms with Crippen molar-refractivity contribution in [3.63, 3.8) is 0 Å². The Morgan fingerprint density at radius 2 is 2.27 bits per heavy atom. The number of hydrogen-bond acceptors (Lipinski definition) is 2. The maximum Gasteiger partial charge on any atom is 0.321 e. The third kappa shape index (κ3) is 5.61. The zero-order valence-electron chi connectivity index (χ0n) is 6.05. The summed E-state index contributed by atoms with van der Waals surface area (Å²) in [6, 6.07) is 0. The fourth-order valence-corrected chi connectivity index (χ4v) is 0.497. The van der Waals surface area contributed by atoms with Gasteiger partial charge in [-0.1, -0.05) is 41.2 Å². The molecule has 0 aromatic rings. The van der Waals surface area contributed by atoms with E-state index in [9.17, 15) is 4.79 Å². The van der Waals surface area contributed by atoms with Crippen molar-refractivity contribution in [2.24, 2.45) is 0 Å². The maximum atomic E-state index is 10.6.